The highest BCUT2D eigenvalue weighted by molar-refractivity contribution is 5.88. The third kappa shape index (κ3) is 1.32. The van der Waals surface area contributed by atoms with E-state index >= 15 is 0 Å². The van der Waals surface area contributed by atoms with Gasteiger partial charge in [-0.1, -0.05) is 12.1 Å². The summed E-state index contributed by atoms with van der Waals surface area (Å²) >= 11 is 0. The first-order chi connectivity index (χ1) is 9.24. The Balaban J connectivity index is 2.38. The van der Waals surface area contributed by atoms with E-state index in [1.807, 2.05) is 47.7 Å². The third-order valence-electron chi connectivity index (χ3n) is 3.19. The molecule has 92 valence electrons. The van der Waals surface area contributed by atoms with Gasteiger partial charge in [0.25, 0.3) is 5.88 Å². The van der Waals surface area contributed by atoms with Crippen LogP contribution in [0.1, 0.15) is 5.69 Å². The molecule has 3 aromatic heterocycles. The molecule has 0 aliphatic rings. The van der Waals surface area contributed by atoms with Gasteiger partial charge in [0.2, 0.25) is 5.65 Å². The maximum absolute atomic E-state index is 10.0. The molecule has 19 heavy (non-hydrogen) atoms. The molecule has 4 rings (SSSR count). The van der Waals surface area contributed by atoms with Crippen molar-refractivity contribution in [3.8, 4) is 5.88 Å². The monoisotopic (exact) mass is 250 g/mol. The number of aromatic hydroxyl groups is 1. The number of rotatable bonds is 0. The first-order valence-corrected chi connectivity index (χ1v) is 5.97. The van der Waals surface area contributed by atoms with E-state index in [9.17, 15) is 5.11 Å². The van der Waals surface area contributed by atoms with Crippen molar-refractivity contribution in [2.24, 2.45) is 0 Å². The van der Waals surface area contributed by atoms with Crippen molar-refractivity contribution in [3.63, 3.8) is 0 Å². The SMILES string of the molecule is Cc1ccc2nc(O)c3nc4ccccc4n3c2n1. The minimum Gasteiger partial charge on any atom is -0.491 e. The molecule has 0 bridgehead atoms. The molecule has 5 heteroatoms. The molecule has 0 radical (unpaired) electrons. The summed E-state index contributed by atoms with van der Waals surface area (Å²) < 4.78 is 1.85. The Bertz CT molecular complexity index is 942. The zero-order valence-corrected chi connectivity index (χ0v) is 10.2. The van der Waals surface area contributed by atoms with Crippen molar-refractivity contribution in [1.82, 2.24) is 19.4 Å². The summed E-state index contributed by atoms with van der Waals surface area (Å²) in [6.07, 6.45) is 0. The zero-order chi connectivity index (χ0) is 13.0. The molecule has 0 spiro atoms. The van der Waals surface area contributed by atoms with Crippen molar-refractivity contribution < 1.29 is 5.11 Å². The molecule has 5 nitrogen and oxygen atoms in total. The van der Waals surface area contributed by atoms with Gasteiger partial charge in [-0.05, 0) is 31.2 Å². The Morgan fingerprint density at radius 2 is 1.74 bits per heavy atom. The Labute approximate surface area is 108 Å². The molecule has 0 aliphatic heterocycles. The van der Waals surface area contributed by atoms with Crippen LogP contribution in [0.5, 0.6) is 5.88 Å². The maximum atomic E-state index is 10.0. The molecule has 0 aliphatic carbocycles. The summed E-state index contributed by atoms with van der Waals surface area (Å²) in [5, 5.41) is 10.0. The van der Waals surface area contributed by atoms with Crippen molar-refractivity contribution >= 4 is 27.8 Å². The molecule has 0 fully saturated rings. The second kappa shape index (κ2) is 3.41. The lowest BCUT2D eigenvalue weighted by atomic mass is 10.3. The van der Waals surface area contributed by atoms with Crippen LogP contribution in [0.25, 0.3) is 27.8 Å². The van der Waals surface area contributed by atoms with Gasteiger partial charge in [-0.15, -0.1) is 0 Å². The summed E-state index contributed by atoms with van der Waals surface area (Å²) in [7, 11) is 0. The van der Waals surface area contributed by atoms with Crippen molar-refractivity contribution in [2.45, 2.75) is 6.92 Å². The predicted molar refractivity (Wildman–Crippen MR) is 72.2 cm³/mol. The number of benzene rings is 1. The Hall–Kier alpha value is -2.69. The Kier molecular flexibility index (Phi) is 1.84. The van der Waals surface area contributed by atoms with Gasteiger partial charge in [-0.3, -0.25) is 4.40 Å². The Morgan fingerprint density at radius 3 is 2.63 bits per heavy atom. The van der Waals surface area contributed by atoms with Crippen molar-refractivity contribution in [3.05, 3.63) is 42.1 Å². The van der Waals surface area contributed by atoms with Gasteiger partial charge in [-0.25, -0.2) is 15.0 Å². The van der Waals surface area contributed by atoms with Gasteiger partial charge >= 0.3 is 0 Å². The van der Waals surface area contributed by atoms with Gasteiger partial charge in [0.1, 0.15) is 5.52 Å². The lowest BCUT2D eigenvalue weighted by Gasteiger charge is -2.04. The highest BCUT2D eigenvalue weighted by Gasteiger charge is 2.13. The second-order valence-corrected chi connectivity index (χ2v) is 4.49. The predicted octanol–water partition coefficient (Wildman–Crippen LogP) is 2.44. The second-order valence-electron chi connectivity index (χ2n) is 4.49. The lowest BCUT2D eigenvalue weighted by molar-refractivity contribution is 0.458. The van der Waals surface area contributed by atoms with Crippen LogP contribution in [0, 0.1) is 6.92 Å². The van der Waals surface area contributed by atoms with Crippen LogP contribution >= 0.6 is 0 Å². The first kappa shape index (κ1) is 10.3. The fourth-order valence-electron chi connectivity index (χ4n) is 2.34. The van der Waals surface area contributed by atoms with E-state index in [0.717, 1.165) is 16.7 Å². The van der Waals surface area contributed by atoms with Crippen LogP contribution in [0.3, 0.4) is 0 Å². The minimum atomic E-state index is -0.0747. The Morgan fingerprint density at radius 1 is 0.895 bits per heavy atom. The number of hydrogen-bond acceptors (Lipinski definition) is 4. The number of para-hydroxylation sites is 2. The number of pyridine rings is 1. The summed E-state index contributed by atoms with van der Waals surface area (Å²) in [5.41, 5.74) is 4.43. The molecular weight excluding hydrogens is 240 g/mol. The van der Waals surface area contributed by atoms with Crippen LogP contribution in [0.4, 0.5) is 0 Å². The number of hydrogen-bond donors (Lipinski definition) is 1. The van der Waals surface area contributed by atoms with E-state index in [2.05, 4.69) is 15.0 Å². The topological polar surface area (TPSA) is 63.3 Å². The molecule has 0 saturated heterocycles. The molecule has 0 amide bonds. The summed E-state index contributed by atoms with van der Waals surface area (Å²) in [6, 6.07) is 11.4. The average molecular weight is 250 g/mol. The number of imidazole rings is 1. The molecular formula is C14H10N4O. The lowest BCUT2D eigenvalue weighted by Crippen LogP contribution is -1.96. The van der Waals surface area contributed by atoms with E-state index in [4.69, 9.17) is 0 Å². The van der Waals surface area contributed by atoms with Crippen LogP contribution in [0.2, 0.25) is 0 Å². The first-order valence-electron chi connectivity index (χ1n) is 5.97. The van der Waals surface area contributed by atoms with Gasteiger partial charge in [0.05, 0.1) is 11.0 Å². The van der Waals surface area contributed by atoms with Crippen LogP contribution in [-0.2, 0) is 0 Å². The van der Waals surface area contributed by atoms with E-state index in [-0.39, 0.29) is 5.88 Å². The van der Waals surface area contributed by atoms with Crippen LogP contribution in [0.15, 0.2) is 36.4 Å². The number of aromatic nitrogens is 4. The van der Waals surface area contributed by atoms with Crippen LogP contribution in [-0.4, -0.2) is 24.5 Å². The molecule has 4 aromatic rings. The van der Waals surface area contributed by atoms with Gasteiger partial charge in [0, 0.05) is 5.69 Å². The summed E-state index contributed by atoms with van der Waals surface area (Å²) in [5.74, 6) is -0.0747. The van der Waals surface area contributed by atoms with Gasteiger partial charge in [-0.2, -0.15) is 0 Å². The number of aryl methyl sites for hydroxylation is 1. The summed E-state index contributed by atoms with van der Waals surface area (Å²) in [4.78, 5) is 13.1. The summed E-state index contributed by atoms with van der Waals surface area (Å²) in [6.45, 7) is 1.93. The normalized spacial score (nSPS) is 11.6. The zero-order valence-electron chi connectivity index (χ0n) is 10.2. The highest BCUT2D eigenvalue weighted by atomic mass is 16.3. The molecule has 0 unspecified atom stereocenters. The fourth-order valence-corrected chi connectivity index (χ4v) is 2.34. The quantitative estimate of drug-likeness (QED) is 0.520. The van der Waals surface area contributed by atoms with E-state index in [1.165, 1.54) is 0 Å². The largest absolute Gasteiger partial charge is 0.491 e. The molecule has 0 atom stereocenters. The van der Waals surface area contributed by atoms with Gasteiger partial charge < -0.3 is 5.11 Å². The van der Waals surface area contributed by atoms with Gasteiger partial charge in [0.15, 0.2) is 5.65 Å². The maximum Gasteiger partial charge on any atom is 0.256 e. The van der Waals surface area contributed by atoms with E-state index in [0.29, 0.717) is 16.8 Å². The van der Waals surface area contributed by atoms with E-state index in [1.54, 1.807) is 0 Å². The van der Waals surface area contributed by atoms with Crippen LogP contribution < -0.4 is 0 Å². The molecule has 1 N–H and O–H groups in total. The molecule has 1 aromatic carbocycles. The average Bonchev–Trinajstić information content (AvgIpc) is 2.80. The molecule has 0 saturated carbocycles. The standard InChI is InChI=1S/C14H10N4O/c1-8-6-7-10-12(15-8)18-11-5-3-2-4-9(11)16-13(18)14(19)17-10/h2-7H,1H3,(H,17,19). The fraction of sp³-hybridized carbons (Fsp3) is 0.0714. The third-order valence-corrected chi connectivity index (χ3v) is 3.19. The van der Waals surface area contributed by atoms with Crippen molar-refractivity contribution in [1.29, 1.82) is 0 Å². The number of fused-ring (bicyclic) bond motifs is 5. The van der Waals surface area contributed by atoms with E-state index < -0.39 is 0 Å². The van der Waals surface area contributed by atoms with Crippen molar-refractivity contribution in [2.75, 3.05) is 0 Å². The number of nitrogens with zero attached hydrogens (tertiary/aromatic N) is 4. The smallest absolute Gasteiger partial charge is 0.256 e. The minimum absolute atomic E-state index is 0.0747. The molecule has 3 heterocycles. The highest BCUT2D eigenvalue weighted by Crippen LogP contribution is 2.26.